The van der Waals surface area contributed by atoms with E-state index < -0.39 is 0 Å². The molecule has 1 aliphatic carbocycles. The predicted molar refractivity (Wildman–Crippen MR) is 79.9 cm³/mol. The second-order valence-electron chi connectivity index (χ2n) is 5.46. The van der Waals surface area contributed by atoms with Crippen LogP contribution in [0.5, 0.6) is 0 Å². The molecule has 2 nitrogen and oxygen atoms in total. The number of rotatable bonds is 4. The average Bonchev–Trinajstić information content (AvgIpc) is 3.07. The molecule has 3 heteroatoms. The molecule has 0 aliphatic heterocycles. The van der Waals surface area contributed by atoms with Crippen molar-refractivity contribution in [2.75, 3.05) is 0 Å². The third-order valence-corrected chi connectivity index (χ3v) is 4.04. The molecule has 1 fully saturated rings. The Labute approximate surface area is 116 Å². The van der Waals surface area contributed by atoms with Crippen LogP contribution in [0.4, 0.5) is 0 Å². The molecule has 0 bridgehead atoms. The molecule has 96 valence electrons. The number of hydrogen-bond acceptors (Lipinski definition) is 1. The molecule has 1 heterocycles. The van der Waals surface area contributed by atoms with Gasteiger partial charge in [0.05, 0.1) is 0 Å². The Bertz CT molecular complexity index is 567. The molecule has 0 amide bonds. The first-order chi connectivity index (χ1) is 8.65. The first-order valence-corrected chi connectivity index (χ1v) is 7.47. The van der Waals surface area contributed by atoms with Crippen LogP contribution in [0.25, 0.3) is 10.9 Å². The summed E-state index contributed by atoms with van der Waals surface area (Å²) in [6, 6.07) is 10.1. The number of nitrogens with one attached hydrogen (secondary N) is 1. The number of aromatic nitrogens is 1. The Balaban J connectivity index is 2.02. The van der Waals surface area contributed by atoms with Crippen LogP contribution in [0.2, 0.25) is 0 Å². The summed E-state index contributed by atoms with van der Waals surface area (Å²) in [5.41, 5.74) is 2.72. The summed E-state index contributed by atoms with van der Waals surface area (Å²) in [4.78, 5) is 0. The van der Waals surface area contributed by atoms with E-state index >= 15 is 0 Å². The van der Waals surface area contributed by atoms with Gasteiger partial charge in [-0.1, -0.05) is 22.0 Å². The lowest BCUT2D eigenvalue weighted by atomic mass is 10.2. The lowest BCUT2D eigenvalue weighted by Crippen LogP contribution is -2.18. The Morgan fingerprint density at radius 2 is 2.11 bits per heavy atom. The van der Waals surface area contributed by atoms with Gasteiger partial charge in [-0.05, 0) is 50.3 Å². The number of halogens is 1. The fourth-order valence-electron chi connectivity index (χ4n) is 2.53. The van der Waals surface area contributed by atoms with Gasteiger partial charge in [0.2, 0.25) is 0 Å². The quantitative estimate of drug-likeness (QED) is 0.894. The Hall–Kier alpha value is -0.800. The van der Waals surface area contributed by atoms with Crippen molar-refractivity contribution in [2.45, 2.75) is 45.3 Å². The minimum Gasteiger partial charge on any atom is -0.341 e. The molecule has 2 aromatic rings. The summed E-state index contributed by atoms with van der Waals surface area (Å²) in [7, 11) is 0. The molecule has 18 heavy (non-hydrogen) atoms. The van der Waals surface area contributed by atoms with E-state index in [0.717, 1.165) is 17.1 Å². The Morgan fingerprint density at radius 3 is 2.78 bits per heavy atom. The molecular formula is C15H19BrN2. The maximum absolute atomic E-state index is 3.61. The average molecular weight is 307 g/mol. The minimum atomic E-state index is 0.493. The van der Waals surface area contributed by atoms with Crippen LogP contribution in [0.1, 0.15) is 38.4 Å². The van der Waals surface area contributed by atoms with E-state index in [1.807, 2.05) is 0 Å². The van der Waals surface area contributed by atoms with Crippen LogP contribution >= 0.6 is 15.9 Å². The van der Waals surface area contributed by atoms with Crippen molar-refractivity contribution in [2.24, 2.45) is 0 Å². The van der Waals surface area contributed by atoms with Gasteiger partial charge in [0.1, 0.15) is 0 Å². The number of benzene rings is 1. The molecule has 0 atom stereocenters. The fourth-order valence-corrected chi connectivity index (χ4v) is 2.88. The van der Waals surface area contributed by atoms with Gasteiger partial charge in [-0.15, -0.1) is 0 Å². The summed E-state index contributed by atoms with van der Waals surface area (Å²) < 4.78 is 3.59. The molecule has 0 radical (unpaired) electrons. The number of hydrogen-bond donors (Lipinski definition) is 1. The van der Waals surface area contributed by atoms with Crippen LogP contribution in [0, 0.1) is 0 Å². The number of fused-ring (bicyclic) bond motifs is 1. The topological polar surface area (TPSA) is 17.0 Å². The maximum atomic E-state index is 3.61. The summed E-state index contributed by atoms with van der Waals surface area (Å²) in [6.45, 7) is 5.48. The highest BCUT2D eigenvalue weighted by Crippen LogP contribution is 2.28. The largest absolute Gasteiger partial charge is 0.341 e. The van der Waals surface area contributed by atoms with Crippen LogP contribution in [-0.4, -0.2) is 10.6 Å². The Morgan fingerprint density at radius 1 is 1.33 bits per heavy atom. The van der Waals surface area contributed by atoms with E-state index in [2.05, 4.69) is 63.9 Å². The third-order valence-electron chi connectivity index (χ3n) is 3.55. The SMILES string of the molecule is CC(C)n1c(CNC2CC2)cc2ccc(Br)cc21. The van der Waals surface area contributed by atoms with Gasteiger partial charge in [0, 0.05) is 34.3 Å². The molecule has 1 aromatic heterocycles. The van der Waals surface area contributed by atoms with Crippen LogP contribution in [-0.2, 0) is 6.54 Å². The molecule has 1 aliphatic rings. The van der Waals surface area contributed by atoms with Crippen molar-refractivity contribution in [3.63, 3.8) is 0 Å². The van der Waals surface area contributed by atoms with Crippen molar-refractivity contribution in [3.05, 3.63) is 34.4 Å². The van der Waals surface area contributed by atoms with Gasteiger partial charge in [-0.3, -0.25) is 0 Å². The molecule has 3 rings (SSSR count). The van der Waals surface area contributed by atoms with Gasteiger partial charge in [-0.2, -0.15) is 0 Å². The number of nitrogens with zero attached hydrogens (tertiary/aromatic N) is 1. The fraction of sp³-hybridized carbons (Fsp3) is 0.467. The zero-order valence-corrected chi connectivity index (χ0v) is 12.5. The smallest absolute Gasteiger partial charge is 0.0496 e. The summed E-state index contributed by atoms with van der Waals surface area (Å²) >= 11 is 3.57. The maximum Gasteiger partial charge on any atom is 0.0496 e. The summed E-state index contributed by atoms with van der Waals surface area (Å²) in [5, 5.41) is 4.94. The van der Waals surface area contributed by atoms with Crippen LogP contribution in [0.15, 0.2) is 28.7 Å². The molecule has 1 N–H and O–H groups in total. The molecule has 0 saturated heterocycles. The van der Waals surface area contributed by atoms with Crippen molar-refractivity contribution in [1.29, 1.82) is 0 Å². The van der Waals surface area contributed by atoms with Gasteiger partial charge in [0.25, 0.3) is 0 Å². The van der Waals surface area contributed by atoms with E-state index in [-0.39, 0.29) is 0 Å². The van der Waals surface area contributed by atoms with E-state index in [0.29, 0.717) is 6.04 Å². The zero-order valence-electron chi connectivity index (χ0n) is 10.9. The minimum absolute atomic E-state index is 0.493. The van der Waals surface area contributed by atoms with E-state index in [9.17, 15) is 0 Å². The molecule has 1 saturated carbocycles. The highest BCUT2D eigenvalue weighted by molar-refractivity contribution is 9.10. The monoisotopic (exact) mass is 306 g/mol. The van der Waals surface area contributed by atoms with Gasteiger partial charge in [0.15, 0.2) is 0 Å². The summed E-state index contributed by atoms with van der Waals surface area (Å²) in [6.07, 6.45) is 2.68. The molecular weight excluding hydrogens is 288 g/mol. The highest BCUT2D eigenvalue weighted by atomic mass is 79.9. The molecule has 1 aromatic carbocycles. The van der Waals surface area contributed by atoms with Gasteiger partial charge in [-0.25, -0.2) is 0 Å². The van der Waals surface area contributed by atoms with E-state index in [1.54, 1.807) is 0 Å². The molecule has 0 unspecified atom stereocenters. The second-order valence-corrected chi connectivity index (χ2v) is 6.37. The third kappa shape index (κ3) is 2.34. The standard InChI is InChI=1S/C15H19BrN2/c1-10(2)18-14(9-17-13-5-6-13)7-11-3-4-12(16)8-15(11)18/h3-4,7-8,10,13,17H,5-6,9H2,1-2H3. The first-order valence-electron chi connectivity index (χ1n) is 6.68. The van der Waals surface area contributed by atoms with E-state index in [4.69, 9.17) is 0 Å². The highest BCUT2D eigenvalue weighted by Gasteiger charge is 2.21. The van der Waals surface area contributed by atoms with Crippen molar-refractivity contribution >= 4 is 26.8 Å². The second kappa shape index (κ2) is 4.71. The van der Waals surface area contributed by atoms with Crippen molar-refractivity contribution < 1.29 is 0 Å². The molecule has 0 spiro atoms. The zero-order chi connectivity index (χ0) is 12.7. The van der Waals surface area contributed by atoms with Gasteiger partial charge < -0.3 is 9.88 Å². The van der Waals surface area contributed by atoms with Crippen molar-refractivity contribution in [1.82, 2.24) is 9.88 Å². The normalized spacial score (nSPS) is 15.8. The Kier molecular flexibility index (Phi) is 3.20. The van der Waals surface area contributed by atoms with Gasteiger partial charge >= 0.3 is 0 Å². The lowest BCUT2D eigenvalue weighted by molar-refractivity contribution is 0.565. The first kappa shape index (κ1) is 12.2. The van der Waals surface area contributed by atoms with Crippen LogP contribution in [0.3, 0.4) is 0 Å². The summed E-state index contributed by atoms with van der Waals surface area (Å²) in [5.74, 6) is 0. The van der Waals surface area contributed by atoms with Crippen LogP contribution < -0.4 is 5.32 Å². The predicted octanol–water partition coefficient (Wildman–Crippen LogP) is 4.24. The lowest BCUT2D eigenvalue weighted by Gasteiger charge is -2.15. The van der Waals surface area contributed by atoms with Crippen molar-refractivity contribution in [3.8, 4) is 0 Å². The van der Waals surface area contributed by atoms with E-state index in [1.165, 1.54) is 29.4 Å².